The Morgan fingerprint density at radius 2 is 1.74 bits per heavy atom. The van der Waals surface area contributed by atoms with Crippen LogP contribution in [0.3, 0.4) is 0 Å². The zero-order chi connectivity index (χ0) is 13.4. The van der Waals surface area contributed by atoms with Crippen LogP contribution in [0.4, 0.5) is 11.6 Å². The molecule has 3 rings (SSSR count). The molecular weight excluding hydrogens is 284 g/mol. The molecule has 2 aromatic rings. The van der Waals surface area contributed by atoms with Gasteiger partial charge in [-0.3, -0.25) is 0 Å². The van der Waals surface area contributed by atoms with Gasteiger partial charge in [-0.25, -0.2) is 4.99 Å². The summed E-state index contributed by atoms with van der Waals surface area (Å²) in [5.41, 5.74) is 0. The second kappa shape index (κ2) is 4.78. The Kier molecular flexibility index (Phi) is 3.11. The van der Waals surface area contributed by atoms with Gasteiger partial charge in [0, 0.05) is 6.42 Å². The van der Waals surface area contributed by atoms with E-state index in [9.17, 15) is 0 Å². The van der Waals surface area contributed by atoms with Crippen LogP contribution in [-0.4, -0.2) is 30.0 Å². The van der Waals surface area contributed by atoms with Crippen LogP contribution in [0, 0.1) is 0 Å². The molecule has 3 heterocycles. The Labute approximate surface area is 118 Å². The fraction of sp³-hybridized carbons (Fsp3) is 0.364. The van der Waals surface area contributed by atoms with Gasteiger partial charge >= 0.3 is 0 Å². The van der Waals surface area contributed by atoms with Crippen molar-refractivity contribution in [2.75, 3.05) is 19.5 Å². The SMILES string of the molecule is COc1nc2c(s1)Cc1sc(OC)nc1N/C(C)=N\2. The number of thiazole rings is 2. The molecule has 0 amide bonds. The van der Waals surface area contributed by atoms with E-state index in [0.29, 0.717) is 16.2 Å². The van der Waals surface area contributed by atoms with Crippen LogP contribution < -0.4 is 14.8 Å². The zero-order valence-electron chi connectivity index (χ0n) is 10.7. The summed E-state index contributed by atoms with van der Waals surface area (Å²) in [5.74, 6) is 2.27. The lowest BCUT2D eigenvalue weighted by Crippen LogP contribution is -2.10. The maximum Gasteiger partial charge on any atom is 0.275 e. The van der Waals surface area contributed by atoms with Gasteiger partial charge in [0.2, 0.25) is 0 Å². The van der Waals surface area contributed by atoms with Gasteiger partial charge in [0.1, 0.15) is 11.7 Å². The van der Waals surface area contributed by atoms with E-state index < -0.39 is 0 Å². The van der Waals surface area contributed by atoms with Gasteiger partial charge in [0.05, 0.1) is 24.0 Å². The first-order valence-electron chi connectivity index (χ1n) is 5.59. The highest BCUT2D eigenvalue weighted by Crippen LogP contribution is 2.38. The van der Waals surface area contributed by atoms with E-state index in [0.717, 1.165) is 27.8 Å². The first-order chi connectivity index (χ1) is 9.19. The molecule has 0 spiro atoms. The van der Waals surface area contributed by atoms with Crippen LogP contribution in [0.5, 0.6) is 10.4 Å². The Morgan fingerprint density at radius 3 is 2.47 bits per heavy atom. The first kappa shape index (κ1) is 12.4. The monoisotopic (exact) mass is 296 g/mol. The number of methoxy groups -OCH3 is 2. The number of rotatable bonds is 2. The largest absolute Gasteiger partial charge is 0.473 e. The molecule has 1 N–H and O–H groups in total. The molecule has 1 aliphatic heterocycles. The molecule has 0 saturated carbocycles. The summed E-state index contributed by atoms with van der Waals surface area (Å²) in [4.78, 5) is 15.4. The molecule has 19 heavy (non-hydrogen) atoms. The first-order valence-corrected chi connectivity index (χ1v) is 7.22. The van der Waals surface area contributed by atoms with Crippen molar-refractivity contribution in [3.05, 3.63) is 9.75 Å². The maximum absolute atomic E-state index is 5.19. The van der Waals surface area contributed by atoms with Crippen molar-refractivity contribution in [3.63, 3.8) is 0 Å². The summed E-state index contributed by atoms with van der Waals surface area (Å²) < 4.78 is 10.4. The van der Waals surface area contributed by atoms with E-state index in [1.807, 2.05) is 6.92 Å². The molecule has 0 aromatic carbocycles. The van der Waals surface area contributed by atoms with Gasteiger partial charge in [-0.2, -0.15) is 9.97 Å². The van der Waals surface area contributed by atoms with Crippen LogP contribution in [0.2, 0.25) is 0 Å². The molecule has 100 valence electrons. The highest BCUT2D eigenvalue weighted by Gasteiger charge is 2.20. The minimum atomic E-state index is 0.626. The van der Waals surface area contributed by atoms with E-state index in [2.05, 4.69) is 20.3 Å². The number of aromatic nitrogens is 2. The van der Waals surface area contributed by atoms with E-state index in [4.69, 9.17) is 9.47 Å². The van der Waals surface area contributed by atoms with Gasteiger partial charge in [-0.05, 0) is 6.92 Å². The maximum atomic E-state index is 5.19. The second-order valence-corrected chi connectivity index (χ2v) is 5.98. The molecule has 0 aliphatic carbocycles. The molecule has 8 heteroatoms. The van der Waals surface area contributed by atoms with Gasteiger partial charge in [0.15, 0.2) is 5.82 Å². The van der Waals surface area contributed by atoms with Gasteiger partial charge in [-0.1, -0.05) is 22.7 Å². The molecular formula is C11H12N4O2S2. The highest BCUT2D eigenvalue weighted by molar-refractivity contribution is 7.15. The number of amidine groups is 1. The average Bonchev–Trinajstić information content (AvgIpc) is 2.93. The fourth-order valence-corrected chi connectivity index (χ4v) is 3.51. The third kappa shape index (κ3) is 2.28. The smallest absolute Gasteiger partial charge is 0.275 e. The van der Waals surface area contributed by atoms with Crippen LogP contribution in [-0.2, 0) is 6.42 Å². The molecule has 0 saturated heterocycles. The van der Waals surface area contributed by atoms with E-state index >= 15 is 0 Å². The van der Waals surface area contributed by atoms with Gasteiger partial charge < -0.3 is 14.8 Å². The Balaban J connectivity index is 2.08. The number of anilines is 1. The van der Waals surface area contributed by atoms with E-state index in [1.54, 1.807) is 14.2 Å². The predicted octanol–water partition coefficient (Wildman–Crippen LogP) is 2.68. The normalized spacial score (nSPS) is 16.3. The van der Waals surface area contributed by atoms with Crippen molar-refractivity contribution in [1.82, 2.24) is 9.97 Å². The molecule has 0 atom stereocenters. The van der Waals surface area contributed by atoms with E-state index in [-0.39, 0.29) is 0 Å². The number of hydrogen-bond acceptors (Lipinski definition) is 8. The summed E-state index contributed by atoms with van der Waals surface area (Å²) in [6.45, 7) is 1.89. The van der Waals surface area contributed by atoms with Crippen molar-refractivity contribution in [2.24, 2.45) is 4.99 Å². The van der Waals surface area contributed by atoms with Crippen molar-refractivity contribution >= 4 is 40.1 Å². The molecule has 0 radical (unpaired) electrons. The minimum Gasteiger partial charge on any atom is -0.473 e. The third-order valence-corrected chi connectivity index (χ3v) is 4.60. The van der Waals surface area contributed by atoms with Crippen molar-refractivity contribution in [2.45, 2.75) is 13.3 Å². The summed E-state index contributed by atoms with van der Waals surface area (Å²) in [6.07, 6.45) is 0.733. The Hall–Kier alpha value is -1.67. The second-order valence-electron chi connectivity index (χ2n) is 3.89. The van der Waals surface area contributed by atoms with E-state index in [1.165, 1.54) is 22.7 Å². The number of nitrogens with one attached hydrogen (secondary N) is 1. The topological polar surface area (TPSA) is 68.6 Å². The fourth-order valence-electron chi connectivity index (χ4n) is 1.75. The average molecular weight is 296 g/mol. The number of aliphatic imine (C=N–C) groups is 1. The van der Waals surface area contributed by atoms with Crippen LogP contribution in [0.25, 0.3) is 0 Å². The molecule has 6 nitrogen and oxygen atoms in total. The molecule has 0 fully saturated rings. The van der Waals surface area contributed by atoms with Crippen LogP contribution in [0.15, 0.2) is 4.99 Å². The van der Waals surface area contributed by atoms with Crippen molar-refractivity contribution in [3.8, 4) is 10.4 Å². The summed E-state index contributed by atoms with van der Waals surface area (Å²) in [7, 11) is 3.23. The number of ether oxygens (including phenoxy) is 2. The number of hydrogen-bond donors (Lipinski definition) is 1. The van der Waals surface area contributed by atoms with Gasteiger partial charge in [0.25, 0.3) is 10.4 Å². The molecule has 0 bridgehead atoms. The van der Waals surface area contributed by atoms with Crippen molar-refractivity contribution in [1.29, 1.82) is 0 Å². The quantitative estimate of drug-likeness (QED) is 0.922. The number of nitrogens with zero attached hydrogens (tertiary/aromatic N) is 3. The predicted molar refractivity (Wildman–Crippen MR) is 76.5 cm³/mol. The lowest BCUT2D eigenvalue weighted by molar-refractivity contribution is 0.412. The minimum absolute atomic E-state index is 0.626. The number of fused-ring (bicyclic) bond motifs is 2. The van der Waals surface area contributed by atoms with Crippen LogP contribution >= 0.6 is 22.7 Å². The van der Waals surface area contributed by atoms with Gasteiger partial charge in [-0.15, -0.1) is 0 Å². The third-order valence-electron chi connectivity index (χ3n) is 2.58. The highest BCUT2D eigenvalue weighted by atomic mass is 32.1. The standard InChI is InChI=1S/C11H12N4O2S2/c1-5-12-8-6(18-10(14-8)16-2)4-7-9(13-5)15-11(17-3)19-7/h4H2,1-3H3,(H,12,13). The summed E-state index contributed by atoms with van der Waals surface area (Å²) >= 11 is 3.04. The molecule has 1 aliphatic rings. The molecule has 0 unspecified atom stereocenters. The summed E-state index contributed by atoms with van der Waals surface area (Å²) in [6, 6.07) is 0. The Morgan fingerprint density at radius 1 is 1.05 bits per heavy atom. The Bertz CT molecular complexity index is 647. The summed E-state index contributed by atoms with van der Waals surface area (Å²) in [5, 5.41) is 4.45. The molecule has 2 aromatic heterocycles. The lowest BCUT2D eigenvalue weighted by Gasteiger charge is -2.08. The van der Waals surface area contributed by atoms with Crippen LogP contribution in [0.1, 0.15) is 16.7 Å². The van der Waals surface area contributed by atoms with Crippen molar-refractivity contribution < 1.29 is 9.47 Å². The lowest BCUT2D eigenvalue weighted by atomic mass is 10.3. The zero-order valence-corrected chi connectivity index (χ0v) is 12.3.